The molecule has 2 rings (SSSR count). The molecule has 7 heteroatoms. The van der Waals surface area contributed by atoms with Crippen molar-refractivity contribution in [2.75, 3.05) is 19.4 Å². The Morgan fingerprint density at radius 2 is 2.35 bits per heavy atom. The van der Waals surface area contributed by atoms with E-state index in [0.717, 1.165) is 24.9 Å². The van der Waals surface area contributed by atoms with Gasteiger partial charge in [-0.05, 0) is 31.0 Å². The zero-order chi connectivity index (χ0) is 14.7. The van der Waals surface area contributed by atoms with E-state index < -0.39 is 4.92 Å². The van der Waals surface area contributed by atoms with E-state index in [4.69, 9.17) is 10.5 Å². The van der Waals surface area contributed by atoms with Gasteiger partial charge in [0.1, 0.15) is 11.7 Å². The van der Waals surface area contributed by atoms with Crippen LogP contribution in [0.3, 0.4) is 0 Å². The molecule has 0 amide bonds. The predicted molar refractivity (Wildman–Crippen MR) is 73.0 cm³/mol. The SMILES string of the molecule is COC(=O)C1CCCN1Cc1ccc([N+](=O)[O-])c(N)c1. The van der Waals surface area contributed by atoms with Gasteiger partial charge in [-0.1, -0.05) is 6.07 Å². The number of anilines is 1. The monoisotopic (exact) mass is 279 g/mol. The van der Waals surface area contributed by atoms with E-state index in [1.165, 1.54) is 13.2 Å². The number of nitrogen functional groups attached to an aromatic ring is 1. The number of methoxy groups -OCH3 is 1. The summed E-state index contributed by atoms with van der Waals surface area (Å²) in [7, 11) is 1.38. The molecule has 2 N–H and O–H groups in total. The first-order valence-electron chi connectivity index (χ1n) is 6.37. The van der Waals surface area contributed by atoms with E-state index in [0.29, 0.717) is 6.54 Å². The third-order valence-electron chi connectivity index (χ3n) is 3.51. The number of hydrogen-bond acceptors (Lipinski definition) is 6. The lowest BCUT2D eigenvalue weighted by Crippen LogP contribution is -2.36. The second-order valence-electron chi connectivity index (χ2n) is 4.80. The van der Waals surface area contributed by atoms with Crippen LogP contribution in [0.4, 0.5) is 11.4 Å². The van der Waals surface area contributed by atoms with Crippen molar-refractivity contribution in [3.63, 3.8) is 0 Å². The molecule has 1 aliphatic rings. The van der Waals surface area contributed by atoms with Crippen molar-refractivity contribution in [3.05, 3.63) is 33.9 Å². The Hall–Kier alpha value is -2.15. The van der Waals surface area contributed by atoms with Gasteiger partial charge in [0.2, 0.25) is 0 Å². The van der Waals surface area contributed by atoms with E-state index in [2.05, 4.69) is 0 Å². The molecule has 1 aliphatic heterocycles. The average Bonchev–Trinajstić information content (AvgIpc) is 2.85. The van der Waals surface area contributed by atoms with Crippen molar-refractivity contribution in [1.29, 1.82) is 0 Å². The number of ether oxygens (including phenoxy) is 1. The lowest BCUT2D eigenvalue weighted by Gasteiger charge is -2.22. The number of rotatable bonds is 4. The number of likely N-dealkylation sites (tertiary alicyclic amines) is 1. The van der Waals surface area contributed by atoms with Gasteiger partial charge >= 0.3 is 5.97 Å². The van der Waals surface area contributed by atoms with Crippen LogP contribution < -0.4 is 5.73 Å². The van der Waals surface area contributed by atoms with Gasteiger partial charge in [-0.15, -0.1) is 0 Å². The Labute approximate surface area is 116 Å². The normalized spacial score (nSPS) is 18.9. The molecule has 1 fully saturated rings. The fourth-order valence-corrected chi connectivity index (χ4v) is 2.52. The highest BCUT2D eigenvalue weighted by Gasteiger charge is 2.31. The Morgan fingerprint density at radius 3 is 2.95 bits per heavy atom. The second kappa shape index (κ2) is 5.87. The van der Waals surface area contributed by atoms with Crippen molar-refractivity contribution in [3.8, 4) is 0 Å². The third kappa shape index (κ3) is 2.88. The molecule has 1 heterocycles. The number of carbonyl (C=O) groups is 1. The molecule has 1 aromatic rings. The molecular formula is C13H17N3O4. The van der Waals surface area contributed by atoms with Gasteiger partial charge in [0.25, 0.3) is 5.69 Å². The fraction of sp³-hybridized carbons (Fsp3) is 0.462. The molecule has 7 nitrogen and oxygen atoms in total. The number of nitro benzene ring substituents is 1. The first kappa shape index (κ1) is 14.3. The molecule has 0 bridgehead atoms. The van der Waals surface area contributed by atoms with Crippen LogP contribution in [0.5, 0.6) is 0 Å². The molecule has 1 atom stereocenters. The van der Waals surface area contributed by atoms with Crippen LogP contribution in [0.2, 0.25) is 0 Å². The van der Waals surface area contributed by atoms with Crippen LogP contribution in [0.1, 0.15) is 18.4 Å². The van der Waals surface area contributed by atoms with Crippen LogP contribution >= 0.6 is 0 Å². The summed E-state index contributed by atoms with van der Waals surface area (Å²) >= 11 is 0. The molecule has 0 radical (unpaired) electrons. The van der Waals surface area contributed by atoms with Crippen LogP contribution in [0.15, 0.2) is 18.2 Å². The molecule has 0 spiro atoms. The lowest BCUT2D eigenvalue weighted by atomic mass is 10.1. The number of esters is 1. The molecule has 1 unspecified atom stereocenters. The van der Waals surface area contributed by atoms with Crippen molar-refractivity contribution in [1.82, 2.24) is 4.90 Å². The Kier molecular flexibility index (Phi) is 4.19. The minimum absolute atomic E-state index is 0.0975. The molecule has 0 aromatic heterocycles. The number of carbonyl (C=O) groups excluding carboxylic acids is 1. The first-order valence-corrected chi connectivity index (χ1v) is 6.37. The summed E-state index contributed by atoms with van der Waals surface area (Å²) in [5.41, 5.74) is 6.56. The minimum atomic E-state index is -0.508. The molecule has 1 saturated heterocycles. The third-order valence-corrected chi connectivity index (χ3v) is 3.51. The Balaban J connectivity index is 2.12. The summed E-state index contributed by atoms with van der Waals surface area (Å²) < 4.78 is 4.78. The quantitative estimate of drug-likeness (QED) is 0.386. The number of nitro groups is 1. The highest BCUT2D eigenvalue weighted by molar-refractivity contribution is 5.76. The Bertz CT molecular complexity index is 532. The summed E-state index contributed by atoms with van der Waals surface area (Å²) in [6.45, 7) is 1.33. The fourth-order valence-electron chi connectivity index (χ4n) is 2.52. The highest BCUT2D eigenvalue weighted by atomic mass is 16.6. The maximum absolute atomic E-state index is 11.6. The lowest BCUT2D eigenvalue weighted by molar-refractivity contribution is -0.383. The van der Waals surface area contributed by atoms with Gasteiger partial charge in [0.15, 0.2) is 0 Å². The van der Waals surface area contributed by atoms with E-state index in [9.17, 15) is 14.9 Å². The van der Waals surface area contributed by atoms with Gasteiger partial charge in [-0.2, -0.15) is 0 Å². The number of nitrogens with two attached hydrogens (primary N) is 1. The second-order valence-corrected chi connectivity index (χ2v) is 4.80. The van der Waals surface area contributed by atoms with Crippen LogP contribution in [0.25, 0.3) is 0 Å². The summed E-state index contributed by atoms with van der Waals surface area (Å²) in [5, 5.41) is 10.7. The zero-order valence-corrected chi connectivity index (χ0v) is 11.2. The Morgan fingerprint density at radius 1 is 1.60 bits per heavy atom. The van der Waals surface area contributed by atoms with Crippen LogP contribution in [-0.2, 0) is 16.1 Å². The van der Waals surface area contributed by atoms with Crippen LogP contribution in [0, 0.1) is 10.1 Å². The van der Waals surface area contributed by atoms with Gasteiger partial charge in [0, 0.05) is 12.6 Å². The zero-order valence-electron chi connectivity index (χ0n) is 11.2. The van der Waals surface area contributed by atoms with Crippen molar-refractivity contribution in [2.45, 2.75) is 25.4 Å². The first-order chi connectivity index (χ1) is 9.52. The molecule has 0 saturated carbocycles. The molecule has 108 valence electrons. The van der Waals surface area contributed by atoms with Gasteiger partial charge in [0.05, 0.1) is 12.0 Å². The summed E-state index contributed by atoms with van der Waals surface area (Å²) in [5.74, 6) is -0.239. The average molecular weight is 279 g/mol. The molecule has 0 aliphatic carbocycles. The minimum Gasteiger partial charge on any atom is -0.468 e. The number of nitrogens with zero attached hydrogens (tertiary/aromatic N) is 2. The summed E-state index contributed by atoms with van der Waals surface area (Å²) in [4.78, 5) is 23.9. The van der Waals surface area contributed by atoms with Gasteiger partial charge in [-0.3, -0.25) is 19.8 Å². The van der Waals surface area contributed by atoms with Crippen LogP contribution in [-0.4, -0.2) is 35.5 Å². The van der Waals surface area contributed by atoms with E-state index in [1.807, 2.05) is 4.90 Å². The predicted octanol–water partition coefficient (Wildman–Crippen LogP) is 1.31. The van der Waals surface area contributed by atoms with E-state index >= 15 is 0 Å². The smallest absolute Gasteiger partial charge is 0.323 e. The van der Waals surface area contributed by atoms with Gasteiger partial charge in [-0.25, -0.2) is 0 Å². The number of hydrogen-bond donors (Lipinski definition) is 1. The van der Waals surface area contributed by atoms with Crippen molar-refractivity contribution in [2.24, 2.45) is 0 Å². The maximum atomic E-state index is 11.6. The molecule has 1 aromatic carbocycles. The highest BCUT2D eigenvalue weighted by Crippen LogP contribution is 2.25. The topological polar surface area (TPSA) is 98.7 Å². The summed E-state index contributed by atoms with van der Waals surface area (Å²) in [6, 6.07) is 4.41. The van der Waals surface area contributed by atoms with E-state index in [-0.39, 0.29) is 23.4 Å². The maximum Gasteiger partial charge on any atom is 0.323 e. The molecule has 20 heavy (non-hydrogen) atoms. The molecular weight excluding hydrogens is 262 g/mol. The largest absolute Gasteiger partial charge is 0.468 e. The summed E-state index contributed by atoms with van der Waals surface area (Å²) in [6.07, 6.45) is 1.71. The van der Waals surface area contributed by atoms with E-state index in [1.54, 1.807) is 12.1 Å². The van der Waals surface area contributed by atoms with Gasteiger partial charge < -0.3 is 10.5 Å². The van der Waals surface area contributed by atoms with Crippen molar-refractivity contribution >= 4 is 17.3 Å². The standard InChI is InChI=1S/C13H17N3O4/c1-20-13(17)12-3-2-6-15(12)8-9-4-5-11(16(18)19)10(14)7-9/h4-5,7,12H,2-3,6,8,14H2,1H3. The number of benzene rings is 1. The van der Waals surface area contributed by atoms with Crippen molar-refractivity contribution < 1.29 is 14.5 Å².